The molecule has 7 nitrogen and oxygen atoms in total. The maximum Gasteiger partial charge on any atom is 0.249 e. The zero-order valence-electron chi connectivity index (χ0n) is 14.6. The fraction of sp³-hybridized carbons (Fsp3) is 0.412. The Hall–Kier alpha value is -2.70. The maximum atomic E-state index is 12.4. The van der Waals surface area contributed by atoms with Gasteiger partial charge in [0.05, 0.1) is 11.0 Å². The SMILES string of the molecule is C[C@@H](C(=O)Nc1ccc2c(c1)nc(C(C)(C)C)n2C)n1cncn1. The molecule has 3 aromatic rings. The lowest BCUT2D eigenvalue weighted by molar-refractivity contribution is -0.119. The number of anilines is 1. The number of amides is 1. The Morgan fingerprint density at radius 3 is 2.67 bits per heavy atom. The molecule has 24 heavy (non-hydrogen) atoms. The Balaban J connectivity index is 1.87. The van der Waals surface area contributed by atoms with Gasteiger partial charge in [-0.3, -0.25) is 4.79 Å². The highest BCUT2D eigenvalue weighted by Crippen LogP contribution is 2.27. The number of carbonyl (C=O) groups is 1. The molecule has 7 heteroatoms. The monoisotopic (exact) mass is 326 g/mol. The molecule has 1 atom stereocenters. The number of nitrogens with one attached hydrogen (secondary N) is 1. The number of imidazole rings is 1. The van der Waals surface area contributed by atoms with Crippen molar-refractivity contribution in [3.63, 3.8) is 0 Å². The molecule has 0 unspecified atom stereocenters. The van der Waals surface area contributed by atoms with Crippen LogP contribution < -0.4 is 5.32 Å². The number of rotatable bonds is 3. The highest BCUT2D eigenvalue weighted by molar-refractivity contribution is 5.95. The summed E-state index contributed by atoms with van der Waals surface area (Å²) >= 11 is 0. The van der Waals surface area contributed by atoms with Crippen LogP contribution in [0.15, 0.2) is 30.9 Å². The van der Waals surface area contributed by atoms with Gasteiger partial charge in [-0.05, 0) is 25.1 Å². The Bertz CT molecular complexity index is 873. The minimum Gasteiger partial charge on any atom is -0.331 e. The van der Waals surface area contributed by atoms with Gasteiger partial charge in [-0.15, -0.1) is 0 Å². The molecule has 1 N–H and O–H groups in total. The topological polar surface area (TPSA) is 77.6 Å². The van der Waals surface area contributed by atoms with Gasteiger partial charge in [0.1, 0.15) is 24.5 Å². The van der Waals surface area contributed by atoms with E-state index in [1.165, 1.54) is 17.3 Å². The molecule has 3 rings (SSSR count). The molecular weight excluding hydrogens is 304 g/mol. The summed E-state index contributed by atoms with van der Waals surface area (Å²) in [6, 6.07) is 5.34. The van der Waals surface area contributed by atoms with Crippen molar-refractivity contribution in [2.24, 2.45) is 7.05 Å². The van der Waals surface area contributed by atoms with Crippen molar-refractivity contribution in [2.45, 2.75) is 39.2 Å². The second-order valence-corrected chi connectivity index (χ2v) is 6.99. The average molecular weight is 326 g/mol. The van der Waals surface area contributed by atoms with Crippen molar-refractivity contribution >= 4 is 22.6 Å². The first-order valence-corrected chi connectivity index (χ1v) is 7.89. The van der Waals surface area contributed by atoms with E-state index in [9.17, 15) is 4.79 Å². The van der Waals surface area contributed by atoms with Crippen molar-refractivity contribution < 1.29 is 4.79 Å². The Morgan fingerprint density at radius 2 is 2.04 bits per heavy atom. The van der Waals surface area contributed by atoms with E-state index in [-0.39, 0.29) is 11.3 Å². The first-order chi connectivity index (χ1) is 11.3. The Kier molecular flexibility index (Phi) is 3.87. The number of hydrogen-bond donors (Lipinski definition) is 1. The quantitative estimate of drug-likeness (QED) is 0.802. The van der Waals surface area contributed by atoms with Crippen molar-refractivity contribution in [1.29, 1.82) is 0 Å². The first-order valence-electron chi connectivity index (χ1n) is 7.89. The standard InChI is InChI=1S/C17H22N6O/c1-11(23-10-18-9-19-23)15(24)20-12-6-7-14-13(8-12)21-16(22(14)5)17(2,3)4/h6-11H,1-5H3,(H,20,24)/t11-/m0/s1. The summed E-state index contributed by atoms with van der Waals surface area (Å²) in [4.78, 5) is 21.0. The molecule has 0 radical (unpaired) electrons. The number of carbonyl (C=O) groups excluding carboxylic acids is 1. The molecule has 1 aromatic carbocycles. The molecule has 0 bridgehead atoms. The van der Waals surface area contributed by atoms with Gasteiger partial charge >= 0.3 is 0 Å². The fourth-order valence-electron chi connectivity index (χ4n) is 2.73. The van der Waals surface area contributed by atoms with Crippen LogP contribution in [0.25, 0.3) is 11.0 Å². The lowest BCUT2D eigenvalue weighted by Crippen LogP contribution is -2.24. The summed E-state index contributed by atoms with van der Waals surface area (Å²) < 4.78 is 3.62. The van der Waals surface area contributed by atoms with Gasteiger partial charge in [-0.2, -0.15) is 5.10 Å². The van der Waals surface area contributed by atoms with Gasteiger partial charge in [0.25, 0.3) is 0 Å². The molecule has 0 saturated carbocycles. The number of hydrogen-bond acceptors (Lipinski definition) is 4. The van der Waals surface area contributed by atoms with E-state index < -0.39 is 6.04 Å². The molecule has 2 heterocycles. The van der Waals surface area contributed by atoms with Crippen LogP contribution >= 0.6 is 0 Å². The third-order valence-electron chi connectivity index (χ3n) is 4.03. The van der Waals surface area contributed by atoms with E-state index in [1.807, 2.05) is 25.2 Å². The predicted molar refractivity (Wildman–Crippen MR) is 92.8 cm³/mol. The van der Waals surface area contributed by atoms with Crippen LogP contribution in [0, 0.1) is 0 Å². The zero-order chi connectivity index (χ0) is 17.5. The van der Waals surface area contributed by atoms with E-state index in [4.69, 9.17) is 4.98 Å². The average Bonchev–Trinajstić information content (AvgIpc) is 3.14. The summed E-state index contributed by atoms with van der Waals surface area (Å²) in [6.45, 7) is 8.19. The zero-order valence-corrected chi connectivity index (χ0v) is 14.6. The third kappa shape index (κ3) is 2.89. The molecule has 2 aromatic heterocycles. The third-order valence-corrected chi connectivity index (χ3v) is 4.03. The predicted octanol–water partition coefficient (Wildman–Crippen LogP) is 2.66. The van der Waals surface area contributed by atoms with Crippen LogP contribution in [0.5, 0.6) is 0 Å². The number of benzene rings is 1. The Morgan fingerprint density at radius 1 is 1.29 bits per heavy atom. The van der Waals surface area contributed by atoms with Crippen molar-refractivity contribution in [3.05, 3.63) is 36.7 Å². The van der Waals surface area contributed by atoms with Crippen molar-refractivity contribution in [1.82, 2.24) is 24.3 Å². The number of nitrogens with zero attached hydrogens (tertiary/aromatic N) is 5. The normalized spacial score (nSPS) is 13.2. The number of aryl methyl sites for hydroxylation is 1. The van der Waals surface area contributed by atoms with Gasteiger partial charge in [0, 0.05) is 18.2 Å². The van der Waals surface area contributed by atoms with Crippen molar-refractivity contribution in [3.8, 4) is 0 Å². The minimum atomic E-state index is -0.433. The summed E-state index contributed by atoms with van der Waals surface area (Å²) in [5.74, 6) is 0.865. The van der Waals surface area contributed by atoms with Crippen LogP contribution in [0.1, 0.15) is 39.6 Å². The van der Waals surface area contributed by atoms with Gasteiger partial charge in [-0.25, -0.2) is 14.6 Å². The van der Waals surface area contributed by atoms with Crippen LogP contribution in [0.4, 0.5) is 5.69 Å². The Labute approximate surface area is 140 Å². The van der Waals surface area contributed by atoms with E-state index in [2.05, 4.69) is 40.7 Å². The van der Waals surface area contributed by atoms with Crippen molar-refractivity contribution in [2.75, 3.05) is 5.32 Å². The van der Waals surface area contributed by atoms with Crippen LogP contribution in [-0.2, 0) is 17.3 Å². The second-order valence-electron chi connectivity index (χ2n) is 6.99. The summed E-state index contributed by atoms with van der Waals surface area (Å²) in [7, 11) is 2.01. The summed E-state index contributed by atoms with van der Waals surface area (Å²) in [5, 5.41) is 6.91. The number of aromatic nitrogens is 5. The summed E-state index contributed by atoms with van der Waals surface area (Å²) in [5.41, 5.74) is 2.59. The highest BCUT2D eigenvalue weighted by Gasteiger charge is 2.21. The van der Waals surface area contributed by atoms with Gasteiger partial charge in [0.15, 0.2) is 0 Å². The van der Waals surface area contributed by atoms with E-state index in [0.29, 0.717) is 0 Å². The first kappa shape index (κ1) is 16.2. The maximum absolute atomic E-state index is 12.4. The smallest absolute Gasteiger partial charge is 0.249 e. The lowest BCUT2D eigenvalue weighted by atomic mass is 9.96. The molecule has 1 amide bonds. The largest absolute Gasteiger partial charge is 0.331 e. The van der Waals surface area contributed by atoms with Gasteiger partial charge in [0.2, 0.25) is 5.91 Å². The minimum absolute atomic E-state index is 0.0429. The fourth-order valence-corrected chi connectivity index (χ4v) is 2.73. The van der Waals surface area contributed by atoms with Crippen LogP contribution in [-0.4, -0.2) is 30.2 Å². The molecule has 0 saturated heterocycles. The van der Waals surface area contributed by atoms with E-state index in [1.54, 1.807) is 6.92 Å². The molecule has 126 valence electrons. The molecule has 0 spiro atoms. The molecule has 0 aliphatic carbocycles. The van der Waals surface area contributed by atoms with Crippen LogP contribution in [0.2, 0.25) is 0 Å². The second kappa shape index (κ2) is 5.74. The van der Waals surface area contributed by atoms with Gasteiger partial charge in [-0.1, -0.05) is 20.8 Å². The van der Waals surface area contributed by atoms with E-state index in [0.717, 1.165) is 22.5 Å². The molecule has 0 fully saturated rings. The molecular formula is C17H22N6O. The van der Waals surface area contributed by atoms with Crippen LogP contribution in [0.3, 0.4) is 0 Å². The highest BCUT2D eigenvalue weighted by atomic mass is 16.2. The summed E-state index contributed by atoms with van der Waals surface area (Å²) in [6.07, 6.45) is 2.94. The number of fused-ring (bicyclic) bond motifs is 1. The molecule has 0 aliphatic heterocycles. The van der Waals surface area contributed by atoms with Gasteiger partial charge < -0.3 is 9.88 Å². The van der Waals surface area contributed by atoms with E-state index >= 15 is 0 Å². The molecule has 0 aliphatic rings. The lowest BCUT2D eigenvalue weighted by Gasteiger charge is -2.17.